The van der Waals surface area contributed by atoms with Crippen LogP contribution in [0.15, 0.2) is 36.1 Å². The monoisotopic (exact) mass is 307 g/mol. The maximum absolute atomic E-state index is 12.0. The highest BCUT2D eigenvalue weighted by molar-refractivity contribution is 5.91. The fourth-order valence-electron chi connectivity index (χ4n) is 2.43. The second kappa shape index (κ2) is 7.59. The molecule has 0 spiro atoms. The molecule has 0 radical (unpaired) electrons. The van der Waals surface area contributed by atoms with Gasteiger partial charge >= 0.3 is 11.9 Å². The largest absolute Gasteiger partial charge is 0.478 e. The number of likely N-dealkylation sites (tertiary alicyclic amines) is 1. The number of carbonyl (C=O) groups is 3. The first-order chi connectivity index (χ1) is 10.3. The third-order valence-electron chi connectivity index (χ3n) is 3.76. The third-order valence-corrected chi connectivity index (χ3v) is 3.76. The molecule has 2 N–H and O–H groups in total. The van der Waals surface area contributed by atoms with Gasteiger partial charge in [-0.2, -0.15) is 0 Å². The summed E-state index contributed by atoms with van der Waals surface area (Å²) in [7, 11) is 0. The normalized spacial score (nSPS) is 20.9. The molecule has 1 fully saturated rings. The maximum Gasteiger partial charge on any atom is 0.331 e. The Morgan fingerprint density at radius 3 is 2.45 bits per heavy atom. The zero-order valence-corrected chi connectivity index (χ0v) is 12.8. The molecule has 2 atom stereocenters. The van der Waals surface area contributed by atoms with E-state index in [0.29, 0.717) is 19.4 Å². The molecule has 1 aliphatic rings. The minimum absolute atomic E-state index is 0.0624. The minimum atomic E-state index is -1.13. The van der Waals surface area contributed by atoms with E-state index in [1.807, 2.05) is 0 Å². The van der Waals surface area contributed by atoms with Gasteiger partial charge < -0.3 is 15.1 Å². The first-order valence-electron chi connectivity index (χ1n) is 7.11. The molecule has 1 amide bonds. The molecule has 0 aliphatic carbocycles. The summed E-state index contributed by atoms with van der Waals surface area (Å²) in [6, 6.07) is 0. The van der Waals surface area contributed by atoms with Crippen molar-refractivity contribution in [1.82, 2.24) is 4.90 Å². The van der Waals surface area contributed by atoms with E-state index in [-0.39, 0.29) is 17.1 Å². The van der Waals surface area contributed by atoms with Crippen molar-refractivity contribution in [2.24, 2.45) is 11.8 Å². The summed E-state index contributed by atoms with van der Waals surface area (Å²) in [4.78, 5) is 35.9. The predicted molar refractivity (Wildman–Crippen MR) is 80.9 cm³/mol. The molecule has 120 valence electrons. The highest BCUT2D eigenvalue weighted by atomic mass is 16.4. The van der Waals surface area contributed by atoms with Gasteiger partial charge in [-0.15, -0.1) is 0 Å². The van der Waals surface area contributed by atoms with E-state index < -0.39 is 23.8 Å². The summed E-state index contributed by atoms with van der Waals surface area (Å²) in [6.07, 6.45) is 5.28. The molecule has 1 rings (SSSR count). The van der Waals surface area contributed by atoms with Gasteiger partial charge in [0.25, 0.3) is 0 Å². The number of rotatable bonds is 7. The number of carbonyl (C=O) groups excluding carboxylic acids is 1. The Morgan fingerprint density at radius 1 is 1.41 bits per heavy atom. The standard InChI is InChI=1S/C16H21NO5/c1-4-11(8-10(3)15(19)20)13(16(21)22)9-12-6-7-17(5-2)14(12)18/h5,8-9,11-12H,2,4,6-7H2,1,3H3,(H,19,20)(H,21,22). The Morgan fingerprint density at radius 2 is 2.05 bits per heavy atom. The number of hydrogen-bond acceptors (Lipinski definition) is 3. The minimum Gasteiger partial charge on any atom is -0.478 e. The van der Waals surface area contributed by atoms with E-state index in [1.54, 1.807) is 6.92 Å². The second-order valence-electron chi connectivity index (χ2n) is 5.21. The summed E-state index contributed by atoms with van der Waals surface area (Å²) < 4.78 is 0. The van der Waals surface area contributed by atoms with E-state index in [9.17, 15) is 19.5 Å². The molecular formula is C16H21NO5. The van der Waals surface area contributed by atoms with E-state index in [1.165, 1.54) is 30.2 Å². The zero-order valence-electron chi connectivity index (χ0n) is 12.8. The molecule has 0 saturated carbocycles. The quantitative estimate of drug-likeness (QED) is 0.702. The van der Waals surface area contributed by atoms with Crippen LogP contribution in [0.25, 0.3) is 0 Å². The van der Waals surface area contributed by atoms with Crippen LogP contribution in [0.5, 0.6) is 0 Å². The average Bonchev–Trinajstić information content (AvgIpc) is 2.82. The Bertz CT molecular complexity index is 547. The SMILES string of the molecule is C=CN1CCC(C=C(C(=O)O)C(C=C(C)C(=O)O)CC)C1=O. The van der Waals surface area contributed by atoms with Gasteiger partial charge in [0.05, 0.1) is 5.92 Å². The first-order valence-corrected chi connectivity index (χ1v) is 7.11. The number of nitrogens with zero attached hydrogens (tertiary/aromatic N) is 1. The Kier molecular flexibility index (Phi) is 6.10. The van der Waals surface area contributed by atoms with Crippen LogP contribution in [0.2, 0.25) is 0 Å². The van der Waals surface area contributed by atoms with Gasteiger partial charge in [-0.05, 0) is 26.0 Å². The van der Waals surface area contributed by atoms with Crippen molar-refractivity contribution in [3.05, 3.63) is 36.1 Å². The fraction of sp³-hybridized carbons (Fsp3) is 0.438. The molecule has 1 heterocycles. The average molecular weight is 307 g/mol. The molecule has 0 aromatic carbocycles. The maximum atomic E-state index is 12.0. The van der Waals surface area contributed by atoms with Crippen LogP contribution in [0.4, 0.5) is 0 Å². The highest BCUT2D eigenvalue weighted by Crippen LogP contribution is 2.26. The molecule has 22 heavy (non-hydrogen) atoms. The van der Waals surface area contributed by atoms with Crippen molar-refractivity contribution in [3.63, 3.8) is 0 Å². The van der Waals surface area contributed by atoms with E-state index >= 15 is 0 Å². The van der Waals surface area contributed by atoms with Crippen molar-refractivity contribution in [2.75, 3.05) is 6.54 Å². The summed E-state index contributed by atoms with van der Waals surface area (Å²) in [5.41, 5.74) is 0.150. The smallest absolute Gasteiger partial charge is 0.331 e. The summed E-state index contributed by atoms with van der Waals surface area (Å²) in [5, 5.41) is 18.3. The van der Waals surface area contributed by atoms with Crippen LogP contribution < -0.4 is 0 Å². The molecule has 1 saturated heterocycles. The molecule has 2 unspecified atom stereocenters. The van der Waals surface area contributed by atoms with Gasteiger partial charge in [0.1, 0.15) is 0 Å². The van der Waals surface area contributed by atoms with Crippen molar-refractivity contribution in [1.29, 1.82) is 0 Å². The lowest BCUT2D eigenvalue weighted by atomic mass is 9.90. The van der Waals surface area contributed by atoms with Gasteiger partial charge in [0, 0.05) is 23.6 Å². The number of allylic oxidation sites excluding steroid dienone is 1. The lowest BCUT2D eigenvalue weighted by molar-refractivity contribution is -0.134. The molecular weight excluding hydrogens is 286 g/mol. The number of carboxylic acid groups (broad SMARTS) is 2. The molecule has 6 heteroatoms. The van der Waals surface area contributed by atoms with Crippen LogP contribution >= 0.6 is 0 Å². The number of aliphatic carboxylic acids is 2. The van der Waals surface area contributed by atoms with Gasteiger partial charge in [-0.25, -0.2) is 9.59 Å². The van der Waals surface area contributed by atoms with Crippen molar-refractivity contribution < 1.29 is 24.6 Å². The molecule has 1 aliphatic heterocycles. The molecule has 0 aromatic rings. The molecule has 0 aromatic heterocycles. The van der Waals surface area contributed by atoms with Gasteiger partial charge in [-0.1, -0.05) is 25.7 Å². The zero-order chi connectivity index (χ0) is 16.9. The van der Waals surface area contributed by atoms with Crippen LogP contribution in [-0.2, 0) is 14.4 Å². The summed E-state index contributed by atoms with van der Waals surface area (Å²) in [6.45, 7) is 7.25. The van der Waals surface area contributed by atoms with Gasteiger partial charge in [0.15, 0.2) is 0 Å². The van der Waals surface area contributed by atoms with Gasteiger partial charge in [0.2, 0.25) is 5.91 Å². The summed E-state index contributed by atoms with van der Waals surface area (Å²) >= 11 is 0. The first kappa shape index (κ1) is 17.7. The van der Waals surface area contributed by atoms with Gasteiger partial charge in [-0.3, -0.25) is 4.79 Å². The van der Waals surface area contributed by atoms with Crippen molar-refractivity contribution >= 4 is 17.8 Å². The lowest BCUT2D eigenvalue weighted by Crippen LogP contribution is -2.22. The topological polar surface area (TPSA) is 94.9 Å². The molecule has 6 nitrogen and oxygen atoms in total. The van der Waals surface area contributed by atoms with Crippen LogP contribution in [0, 0.1) is 11.8 Å². The fourth-order valence-corrected chi connectivity index (χ4v) is 2.43. The van der Waals surface area contributed by atoms with Crippen LogP contribution in [-0.4, -0.2) is 39.5 Å². The van der Waals surface area contributed by atoms with E-state index in [4.69, 9.17) is 5.11 Å². The highest BCUT2D eigenvalue weighted by Gasteiger charge is 2.30. The Labute approximate surface area is 129 Å². The van der Waals surface area contributed by atoms with Crippen LogP contribution in [0.1, 0.15) is 26.7 Å². The summed E-state index contributed by atoms with van der Waals surface area (Å²) in [5.74, 6) is -3.44. The van der Waals surface area contributed by atoms with Crippen molar-refractivity contribution in [2.45, 2.75) is 26.7 Å². The predicted octanol–water partition coefficient (Wildman–Crippen LogP) is 2.05. The third kappa shape index (κ3) is 4.07. The number of carboxylic acids is 2. The second-order valence-corrected chi connectivity index (χ2v) is 5.21. The number of hydrogen-bond donors (Lipinski definition) is 2. The van der Waals surface area contributed by atoms with E-state index in [0.717, 1.165) is 0 Å². The van der Waals surface area contributed by atoms with Crippen molar-refractivity contribution in [3.8, 4) is 0 Å². The van der Waals surface area contributed by atoms with E-state index in [2.05, 4.69) is 6.58 Å². The lowest BCUT2D eigenvalue weighted by Gasteiger charge is -2.14. The Balaban J connectivity index is 3.11. The number of amides is 1. The Hall–Kier alpha value is -2.37. The molecule has 0 bridgehead atoms. The van der Waals surface area contributed by atoms with Crippen LogP contribution in [0.3, 0.4) is 0 Å².